The highest BCUT2D eigenvalue weighted by Crippen LogP contribution is 2.27. The van der Waals surface area contributed by atoms with Crippen LogP contribution in [0.15, 0.2) is 0 Å². The third-order valence-electron chi connectivity index (χ3n) is 3.86. The number of ether oxygens (including phenoxy) is 1. The van der Waals surface area contributed by atoms with E-state index in [1.54, 1.807) is 4.90 Å². The molecule has 1 amide bonds. The second kappa shape index (κ2) is 6.45. The summed E-state index contributed by atoms with van der Waals surface area (Å²) < 4.78 is 4.86. The van der Waals surface area contributed by atoms with Crippen LogP contribution in [0.3, 0.4) is 0 Å². The largest absolute Gasteiger partial charge is 0.468 e. The second-order valence-corrected chi connectivity index (χ2v) is 7.11. The number of hydrogen-bond acceptors (Lipinski definition) is 5. The Morgan fingerprint density at radius 1 is 1.32 bits per heavy atom. The van der Waals surface area contributed by atoms with Crippen LogP contribution < -0.4 is 0 Å². The Morgan fingerprint density at radius 3 is 2.53 bits per heavy atom. The smallest absolute Gasteiger partial charge is 0.324 e. The van der Waals surface area contributed by atoms with E-state index in [1.165, 1.54) is 7.11 Å². The number of esters is 1. The molecule has 2 fully saturated rings. The molecule has 0 spiro atoms. The van der Waals surface area contributed by atoms with Crippen LogP contribution in [0, 0.1) is 0 Å². The average molecular weight is 305 g/mol. The van der Waals surface area contributed by atoms with Crippen LogP contribution in [-0.2, 0) is 14.3 Å². The van der Waals surface area contributed by atoms with Crippen molar-refractivity contribution in [1.82, 2.24) is 14.7 Å². The van der Waals surface area contributed by atoms with Gasteiger partial charge in [0.15, 0.2) is 0 Å². The molecule has 2 rings (SSSR count). The zero-order valence-electron chi connectivity index (χ0n) is 11.1. The van der Waals surface area contributed by atoms with E-state index in [9.17, 15) is 9.59 Å². The molecule has 0 radical (unpaired) electrons. The maximum Gasteiger partial charge on any atom is 0.324 e. The number of carbonyl (C=O) groups excluding carboxylic acids is 2. The fourth-order valence-electron chi connectivity index (χ4n) is 2.64. The standard InChI is InChI=1S/C11H21N3O3P2/c1-17-10(16)9-6-12(7-15)2-3-14(9)8-4-13(5-8)11(18)19/h7-9,11H,2-6,18-19H2,1H3. The van der Waals surface area contributed by atoms with Gasteiger partial charge in [0.1, 0.15) is 6.04 Å². The van der Waals surface area contributed by atoms with Crippen molar-refractivity contribution in [2.24, 2.45) is 0 Å². The van der Waals surface area contributed by atoms with Gasteiger partial charge >= 0.3 is 5.97 Å². The Morgan fingerprint density at radius 2 is 2.00 bits per heavy atom. The molecule has 0 aromatic carbocycles. The summed E-state index contributed by atoms with van der Waals surface area (Å²) in [5.41, 5.74) is 0.379. The zero-order chi connectivity index (χ0) is 14.0. The third-order valence-corrected chi connectivity index (χ3v) is 4.70. The van der Waals surface area contributed by atoms with E-state index in [4.69, 9.17) is 4.74 Å². The first-order valence-electron chi connectivity index (χ1n) is 6.35. The van der Waals surface area contributed by atoms with E-state index in [2.05, 4.69) is 28.3 Å². The van der Waals surface area contributed by atoms with Crippen molar-refractivity contribution < 1.29 is 14.3 Å². The van der Waals surface area contributed by atoms with Gasteiger partial charge < -0.3 is 9.64 Å². The third kappa shape index (κ3) is 3.25. The second-order valence-electron chi connectivity index (χ2n) is 4.98. The number of rotatable bonds is 4. The van der Waals surface area contributed by atoms with Gasteiger partial charge in [0, 0.05) is 44.3 Å². The summed E-state index contributed by atoms with van der Waals surface area (Å²) in [5, 5.41) is 0. The van der Waals surface area contributed by atoms with Gasteiger partial charge in [-0.25, -0.2) is 0 Å². The first-order valence-corrected chi connectivity index (χ1v) is 7.68. The Bertz CT molecular complexity index is 350. The maximum atomic E-state index is 11.9. The van der Waals surface area contributed by atoms with Crippen LogP contribution >= 0.6 is 18.5 Å². The molecule has 0 N–H and O–H groups in total. The fraction of sp³-hybridized carbons (Fsp3) is 0.818. The molecular formula is C11H21N3O3P2. The average Bonchev–Trinajstić information content (AvgIpc) is 2.36. The van der Waals surface area contributed by atoms with E-state index in [0.717, 1.165) is 26.0 Å². The van der Waals surface area contributed by atoms with Crippen molar-refractivity contribution in [3.63, 3.8) is 0 Å². The molecule has 108 valence electrons. The predicted molar refractivity (Wildman–Crippen MR) is 78.7 cm³/mol. The van der Waals surface area contributed by atoms with Crippen molar-refractivity contribution in [3.8, 4) is 0 Å². The van der Waals surface area contributed by atoms with Crippen LogP contribution in [0.1, 0.15) is 0 Å². The number of piperazine rings is 1. The minimum absolute atomic E-state index is 0.252. The van der Waals surface area contributed by atoms with Crippen LogP contribution in [0.25, 0.3) is 0 Å². The molecule has 3 atom stereocenters. The summed E-state index contributed by atoms with van der Waals surface area (Å²) in [6.07, 6.45) is 0.807. The summed E-state index contributed by atoms with van der Waals surface area (Å²) in [4.78, 5) is 28.9. The van der Waals surface area contributed by atoms with Crippen LogP contribution in [0.5, 0.6) is 0 Å². The van der Waals surface area contributed by atoms with Gasteiger partial charge in [0.25, 0.3) is 0 Å². The minimum atomic E-state index is -0.330. The Kier molecular flexibility index (Phi) is 5.13. The monoisotopic (exact) mass is 305 g/mol. The fourth-order valence-corrected chi connectivity index (χ4v) is 3.12. The Hall–Kier alpha value is -0.280. The van der Waals surface area contributed by atoms with Gasteiger partial charge in [-0.1, -0.05) is 0 Å². The molecule has 8 heteroatoms. The number of amides is 1. The topological polar surface area (TPSA) is 53.1 Å². The number of methoxy groups -OCH3 is 1. The zero-order valence-corrected chi connectivity index (χ0v) is 13.4. The lowest BCUT2D eigenvalue weighted by molar-refractivity contribution is -0.154. The molecule has 2 heterocycles. The number of nitrogens with zero attached hydrogens (tertiary/aromatic N) is 3. The number of likely N-dealkylation sites (tertiary alicyclic amines) is 1. The lowest BCUT2D eigenvalue weighted by Crippen LogP contribution is -2.68. The van der Waals surface area contributed by atoms with Crippen molar-refractivity contribution in [2.75, 3.05) is 39.8 Å². The van der Waals surface area contributed by atoms with Crippen molar-refractivity contribution in [3.05, 3.63) is 0 Å². The predicted octanol–water partition coefficient (Wildman–Crippen LogP) is -0.980. The van der Waals surface area contributed by atoms with E-state index in [0.29, 0.717) is 24.7 Å². The van der Waals surface area contributed by atoms with E-state index >= 15 is 0 Å². The molecule has 2 aliphatic heterocycles. The van der Waals surface area contributed by atoms with Gasteiger partial charge in [0.2, 0.25) is 6.41 Å². The number of carbonyl (C=O) groups is 2. The molecule has 0 bridgehead atoms. The lowest BCUT2D eigenvalue weighted by Gasteiger charge is -2.51. The van der Waals surface area contributed by atoms with Gasteiger partial charge in [0.05, 0.1) is 7.11 Å². The summed E-state index contributed by atoms with van der Waals surface area (Å²) >= 11 is 0. The summed E-state index contributed by atoms with van der Waals surface area (Å²) in [6, 6.07) is 0.0464. The molecule has 19 heavy (non-hydrogen) atoms. The highest BCUT2D eigenvalue weighted by atomic mass is 31.1. The van der Waals surface area contributed by atoms with Gasteiger partial charge in [-0.2, -0.15) is 0 Å². The highest BCUT2D eigenvalue weighted by molar-refractivity contribution is 7.37. The molecule has 0 aromatic rings. The van der Waals surface area contributed by atoms with Gasteiger partial charge in [-0.05, 0) is 0 Å². The first kappa shape index (κ1) is 15.1. The summed E-state index contributed by atoms with van der Waals surface area (Å²) in [7, 11) is 6.89. The Balaban J connectivity index is 1.98. The minimum Gasteiger partial charge on any atom is -0.468 e. The van der Waals surface area contributed by atoms with Gasteiger partial charge in [-0.15, -0.1) is 18.5 Å². The lowest BCUT2D eigenvalue weighted by atomic mass is 10.0. The molecular weight excluding hydrogens is 284 g/mol. The molecule has 2 aliphatic rings. The summed E-state index contributed by atoms with van der Waals surface area (Å²) in [6.45, 7) is 3.74. The SMILES string of the molecule is COC(=O)C1CN(C=O)CCN1C1CN(C(P)P)C1. The van der Waals surface area contributed by atoms with E-state index in [-0.39, 0.29) is 12.0 Å². The molecule has 2 saturated heterocycles. The molecule has 0 aromatic heterocycles. The van der Waals surface area contributed by atoms with Crippen LogP contribution in [-0.4, -0.2) is 84.5 Å². The van der Waals surface area contributed by atoms with E-state index in [1.807, 2.05) is 0 Å². The highest BCUT2D eigenvalue weighted by Gasteiger charge is 2.42. The quantitative estimate of drug-likeness (QED) is 0.380. The summed E-state index contributed by atoms with van der Waals surface area (Å²) in [5.74, 6) is -0.252. The number of hydrogen-bond donors (Lipinski definition) is 0. The van der Waals surface area contributed by atoms with Gasteiger partial charge in [-0.3, -0.25) is 19.4 Å². The van der Waals surface area contributed by atoms with E-state index < -0.39 is 0 Å². The van der Waals surface area contributed by atoms with Crippen LogP contribution in [0.2, 0.25) is 0 Å². The Labute approximate surface area is 118 Å². The molecule has 0 aliphatic carbocycles. The molecule has 0 saturated carbocycles. The van der Waals surface area contributed by atoms with Crippen molar-refractivity contribution in [2.45, 2.75) is 17.6 Å². The van der Waals surface area contributed by atoms with Crippen molar-refractivity contribution >= 4 is 30.9 Å². The van der Waals surface area contributed by atoms with Crippen LogP contribution in [0.4, 0.5) is 0 Å². The first-order chi connectivity index (χ1) is 9.06. The maximum absolute atomic E-state index is 11.9. The van der Waals surface area contributed by atoms with Crippen molar-refractivity contribution in [1.29, 1.82) is 0 Å². The molecule has 3 unspecified atom stereocenters. The normalized spacial score (nSPS) is 26.3. The molecule has 6 nitrogen and oxygen atoms in total.